The van der Waals surface area contributed by atoms with E-state index in [0.29, 0.717) is 0 Å². The van der Waals surface area contributed by atoms with E-state index >= 15 is 0 Å². The Balaban J connectivity index is 2.25. The van der Waals surface area contributed by atoms with Crippen LogP contribution < -0.4 is 16.4 Å². The summed E-state index contributed by atoms with van der Waals surface area (Å²) in [5.41, 5.74) is 5.74. The van der Waals surface area contributed by atoms with E-state index in [4.69, 9.17) is 5.73 Å². The zero-order chi connectivity index (χ0) is 11.3. The van der Waals surface area contributed by atoms with Gasteiger partial charge in [0.2, 0.25) is 11.8 Å². The number of nitrogens with one attached hydrogen (secondary N) is 2. The molecule has 0 heterocycles. The number of likely N-dealkylation sites (N-methyl/N-ethyl adjacent to an activating group) is 1. The second-order valence-corrected chi connectivity index (χ2v) is 4.00. The van der Waals surface area contributed by atoms with Gasteiger partial charge < -0.3 is 16.4 Å². The fourth-order valence-corrected chi connectivity index (χ4v) is 1.78. The molecule has 0 aromatic heterocycles. The van der Waals surface area contributed by atoms with Gasteiger partial charge in [-0.1, -0.05) is 0 Å². The number of nitrogens with two attached hydrogens (primary N) is 1. The van der Waals surface area contributed by atoms with Crippen LogP contribution in [0.5, 0.6) is 0 Å². The van der Waals surface area contributed by atoms with Crippen LogP contribution in [0.4, 0.5) is 0 Å². The molecule has 1 aliphatic rings. The Hall–Kier alpha value is -1.10. The van der Waals surface area contributed by atoms with Crippen LogP contribution in [-0.2, 0) is 9.59 Å². The molecule has 5 heteroatoms. The second kappa shape index (κ2) is 5.70. The summed E-state index contributed by atoms with van der Waals surface area (Å²) in [5, 5.41) is 5.08. The first kappa shape index (κ1) is 12.0. The quantitative estimate of drug-likeness (QED) is 0.583. The van der Waals surface area contributed by atoms with Crippen LogP contribution in [0.2, 0.25) is 0 Å². The topological polar surface area (TPSA) is 84.2 Å². The molecular formula is C10H19N3O2. The highest BCUT2D eigenvalue weighted by atomic mass is 16.2. The zero-order valence-corrected chi connectivity index (χ0v) is 9.08. The second-order valence-electron chi connectivity index (χ2n) is 4.00. The fourth-order valence-electron chi connectivity index (χ4n) is 1.78. The number of hydrogen-bond acceptors (Lipinski definition) is 3. The van der Waals surface area contributed by atoms with Crippen LogP contribution in [0.15, 0.2) is 0 Å². The Morgan fingerprint density at radius 2 is 1.87 bits per heavy atom. The third kappa shape index (κ3) is 3.87. The molecule has 1 rings (SSSR count). The van der Waals surface area contributed by atoms with Gasteiger partial charge in [-0.2, -0.15) is 0 Å². The molecule has 0 bridgehead atoms. The lowest BCUT2D eigenvalue weighted by atomic mass is 9.86. The molecule has 0 spiro atoms. The van der Waals surface area contributed by atoms with Crippen LogP contribution in [0.25, 0.3) is 0 Å². The van der Waals surface area contributed by atoms with E-state index in [0.717, 1.165) is 25.7 Å². The molecule has 0 aliphatic heterocycles. The molecule has 1 saturated carbocycles. The van der Waals surface area contributed by atoms with Crippen molar-refractivity contribution < 1.29 is 9.59 Å². The molecular weight excluding hydrogens is 194 g/mol. The van der Waals surface area contributed by atoms with E-state index in [1.807, 2.05) is 0 Å². The van der Waals surface area contributed by atoms with Gasteiger partial charge in [0.15, 0.2) is 0 Å². The smallest absolute Gasteiger partial charge is 0.239 e. The van der Waals surface area contributed by atoms with Crippen LogP contribution in [0.3, 0.4) is 0 Å². The molecule has 0 atom stereocenters. The van der Waals surface area contributed by atoms with Crippen molar-refractivity contribution in [3.8, 4) is 0 Å². The van der Waals surface area contributed by atoms with E-state index in [1.165, 1.54) is 0 Å². The van der Waals surface area contributed by atoms with Crippen molar-refractivity contribution in [2.45, 2.75) is 31.7 Å². The largest absolute Gasteiger partial charge is 0.358 e. The van der Waals surface area contributed by atoms with Gasteiger partial charge in [-0.15, -0.1) is 0 Å². The molecule has 1 aliphatic carbocycles. The summed E-state index contributed by atoms with van der Waals surface area (Å²) >= 11 is 0. The van der Waals surface area contributed by atoms with Crippen molar-refractivity contribution in [2.24, 2.45) is 11.7 Å². The van der Waals surface area contributed by atoms with Crippen molar-refractivity contribution in [3.05, 3.63) is 0 Å². The van der Waals surface area contributed by atoms with Gasteiger partial charge >= 0.3 is 0 Å². The van der Waals surface area contributed by atoms with Crippen LogP contribution in [0, 0.1) is 5.92 Å². The van der Waals surface area contributed by atoms with Crippen LogP contribution in [-0.4, -0.2) is 31.4 Å². The van der Waals surface area contributed by atoms with Crippen LogP contribution in [0.1, 0.15) is 25.7 Å². The molecule has 86 valence electrons. The van der Waals surface area contributed by atoms with Gasteiger partial charge in [0.1, 0.15) is 0 Å². The van der Waals surface area contributed by atoms with E-state index in [-0.39, 0.29) is 30.3 Å². The average molecular weight is 213 g/mol. The minimum absolute atomic E-state index is 0.0227. The average Bonchev–Trinajstić information content (AvgIpc) is 2.26. The molecule has 2 amide bonds. The van der Waals surface area contributed by atoms with E-state index in [1.54, 1.807) is 7.05 Å². The molecule has 0 aromatic rings. The maximum atomic E-state index is 11.6. The Bertz CT molecular complexity index is 235. The highest BCUT2D eigenvalue weighted by Crippen LogP contribution is 2.22. The van der Waals surface area contributed by atoms with E-state index in [2.05, 4.69) is 10.6 Å². The summed E-state index contributed by atoms with van der Waals surface area (Å²) < 4.78 is 0. The molecule has 1 fully saturated rings. The summed E-state index contributed by atoms with van der Waals surface area (Å²) in [6, 6.07) is 0.244. The monoisotopic (exact) mass is 213 g/mol. The maximum Gasteiger partial charge on any atom is 0.239 e. The van der Waals surface area contributed by atoms with E-state index < -0.39 is 0 Å². The third-order valence-electron chi connectivity index (χ3n) is 2.84. The standard InChI is InChI=1S/C10H19N3O2/c1-12-9(14)6-13-10(15)7-2-4-8(11)5-3-7/h7-8H,2-6,11H2,1H3,(H,12,14)(H,13,15). The predicted octanol–water partition coefficient (Wildman–Crippen LogP) is -0.634. The summed E-state index contributed by atoms with van der Waals surface area (Å²) in [4.78, 5) is 22.5. The number of amides is 2. The summed E-state index contributed by atoms with van der Waals surface area (Å²) in [6.07, 6.45) is 3.47. The minimum Gasteiger partial charge on any atom is -0.358 e. The SMILES string of the molecule is CNC(=O)CNC(=O)C1CCC(N)CC1. The summed E-state index contributed by atoms with van der Waals surface area (Å²) in [7, 11) is 1.55. The molecule has 4 N–H and O–H groups in total. The van der Waals surface area contributed by atoms with Gasteiger partial charge in [-0.25, -0.2) is 0 Å². The minimum atomic E-state index is -0.170. The summed E-state index contributed by atoms with van der Waals surface area (Å²) in [5.74, 6) is -0.157. The van der Waals surface area contributed by atoms with Crippen molar-refractivity contribution in [1.82, 2.24) is 10.6 Å². The van der Waals surface area contributed by atoms with Crippen molar-refractivity contribution in [1.29, 1.82) is 0 Å². The predicted molar refractivity (Wildman–Crippen MR) is 57.0 cm³/mol. The lowest BCUT2D eigenvalue weighted by Crippen LogP contribution is -2.40. The van der Waals surface area contributed by atoms with E-state index in [9.17, 15) is 9.59 Å². The van der Waals surface area contributed by atoms with Gasteiger partial charge in [-0.3, -0.25) is 9.59 Å². The molecule has 0 radical (unpaired) electrons. The highest BCUT2D eigenvalue weighted by molar-refractivity contribution is 5.85. The fraction of sp³-hybridized carbons (Fsp3) is 0.800. The Labute approximate surface area is 89.8 Å². The number of carbonyl (C=O) groups is 2. The first-order valence-corrected chi connectivity index (χ1v) is 5.37. The first-order valence-electron chi connectivity index (χ1n) is 5.37. The van der Waals surface area contributed by atoms with Crippen molar-refractivity contribution in [2.75, 3.05) is 13.6 Å². The molecule has 15 heavy (non-hydrogen) atoms. The summed E-state index contributed by atoms with van der Waals surface area (Å²) in [6.45, 7) is 0.0673. The first-order chi connectivity index (χ1) is 7.13. The van der Waals surface area contributed by atoms with Crippen molar-refractivity contribution in [3.63, 3.8) is 0 Å². The van der Waals surface area contributed by atoms with Gasteiger partial charge in [0.05, 0.1) is 6.54 Å². The molecule has 0 aromatic carbocycles. The molecule has 0 unspecified atom stereocenters. The van der Waals surface area contributed by atoms with Gasteiger partial charge in [0.25, 0.3) is 0 Å². The van der Waals surface area contributed by atoms with Crippen molar-refractivity contribution >= 4 is 11.8 Å². The zero-order valence-electron chi connectivity index (χ0n) is 9.08. The Kier molecular flexibility index (Phi) is 4.55. The molecule has 5 nitrogen and oxygen atoms in total. The Morgan fingerprint density at radius 1 is 1.27 bits per heavy atom. The number of rotatable bonds is 3. The lowest BCUT2D eigenvalue weighted by molar-refractivity contribution is -0.129. The molecule has 0 saturated heterocycles. The van der Waals surface area contributed by atoms with Gasteiger partial charge in [-0.05, 0) is 25.7 Å². The van der Waals surface area contributed by atoms with Gasteiger partial charge in [0, 0.05) is 19.0 Å². The number of hydrogen-bond donors (Lipinski definition) is 3. The highest BCUT2D eigenvalue weighted by Gasteiger charge is 2.24. The normalized spacial score (nSPS) is 25.7. The van der Waals surface area contributed by atoms with Crippen LogP contribution >= 0.6 is 0 Å². The maximum absolute atomic E-state index is 11.6. The lowest BCUT2D eigenvalue weighted by Gasteiger charge is -2.24. The number of carbonyl (C=O) groups excluding carboxylic acids is 2. The third-order valence-corrected chi connectivity index (χ3v) is 2.84. The Morgan fingerprint density at radius 3 is 2.40 bits per heavy atom.